The lowest BCUT2D eigenvalue weighted by Crippen LogP contribution is -2.00. The summed E-state index contributed by atoms with van der Waals surface area (Å²) in [7, 11) is 0. The standard InChI is InChI=1S/C10H7Cl2IN4/c11-6-3-5(13)1-2-7(6)15-9-4-8(12)16-10(14)17-9/h1-4H,(H3,14,15,16,17). The summed E-state index contributed by atoms with van der Waals surface area (Å²) in [5.41, 5.74) is 6.23. The van der Waals surface area contributed by atoms with Crippen LogP contribution in [0.3, 0.4) is 0 Å². The minimum Gasteiger partial charge on any atom is -0.368 e. The molecular weight excluding hydrogens is 374 g/mol. The lowest BCUT2D eigenvalue weighted by molar-refractivity contribution is 1.18. The quantitative estimate of drug-likeness (QED) is 0.615. The molecule has 2 aromatic rings. The van der Waals surface area contributed by atoms with Crippen LogP contribution in [0.25, 0.3) is 0 Å². The second kappa shape index (κ2) is 5.24. The Morgan fingerprint density at radius 3 is 2.59 bits per heavy atom. The topological polar surface area (TPSA) is 63.8 Å². The molecule has 0 aliphatic carbocycles. The SMILES string of the molecule is Nc1nc(Cl)cc(Nc2ccc(I)cc2Cl)n1. The molecule has 0 atom stereocenters. The van der Waals surface area contributed by atoms with Gasteiger partial charge in [0.05, 0.1) is 10.7 Å². The number of benzene rings is 1. The first-order valence-corrected chi connectivity index (χ1v) is 6.40. The van der Waals surface area contributed by atoms with Crippen molar-refractivity contribution < 1.29 is 0 Å². The van der Waals surface area contributed by atoms with Gasteiger partial charge in [-0.1, -0.05) is 23.2 Å². The zero-order valence-corrected chi connectivity index (χ0v) is 12.1. The summed E-state index contributed by atoms with van der Waals surface area (Å²) in [6.45, 7) is 0. The number of nitrogens with zero attached hydrogens (tertiary/aromatic N) is 2. The molecule has 17 heavy (non-hydrogen) atoms. The molecule has 0 unspecified atom stereocenters. The minimum absolute atomic E-state index is 0.113. The maximum Gasteiger partial charge on any atom is 0.223 e. The summed E-state index contributed by atoms with van der Waals surface area (Å²) in [6.07, 6.45) is 0. The molecule has 7 heteroatoms. The number of halogens is 3. The normalized spacial score (nSPS) is 10.3. The van der Waals surface area contributed by atoms with E-state index in [0.29, 0.717) is 10.8 Å². The van der Waals surface area contributed by atoms with Crippen LogP contribution in [0.15, 0.2) is 24.3 Å². The van der Waals surface area contributed by atoms with E-state index in [1.54, 1.807) is 6.07 Å². The molecule has 0 saturated heterocycles. The van der Waals surface area contributed by atoms with Crippen LogP contribution < -0.4 is 11.1 Å². The molecule has 0 spiro atoms. The number of hydrogen-bond acceptors (Lipinski definition) is 4. The van der Waals surface area contributed by atoms with Crippen molar-refractivity contribution in [2.75, 3.05) is 11.1 Å². The fourth-order valence-electron chi connectivity index (χ4n) is 1.23. The highest BCUT2D eigenvalue weighted by Gasteiger charge is 2.04. The van der Waals surface area contributed by atoms with Crippen molar-refractivity contribution in [1.82, 2.24) is 9.97 Å². The van der Waals surface area contributed by atoms with Crippen LogP contribution in [-0.4, -0.2) is 9.97 Å². The Kier molecular flexibility index (Phi) is 3.90. The number of nitrogens with two attached hydrogens (primary N) is 1. The summed E-state index contributed by atoms with van der Waals surface area (Å²) in [6, 6.07) is 7.21. The highest BCUT2D eigenvalue weighted by atomic mass is 127. The monoisotopic (exact) mass is 380 g/mol. The molecule has 1 aromatic carbocycles. The van der Waals surface area contributed by atoms with Gasteiger partial charge in [0.25, 0.3) is 0 Å². The van der Waals surface area contributed by atoms with Crippen LogP contribution in [0.1, 0.15) is 0 Å². The van der Waals surface area contributed by atoms with Gasteiger partial charge >= 0.3 is 0 Å². The van der Waals surface area contributed by atoms with Gasteiger partial charge in [-0.25, -0.2) is 4.98 Å². The molecule has 2 rings (SSSR count). The Labute approximate surface area is 122 Å². The van der Waals surface area contributed by atoms with Gasteiger partial charge in [0.1, 0.15) is 11.0 Å². The van der Waals surface area contributed by atoms with E-state index in [1.165, 1.54) is 0 Å². The average Bonchev–Trinajstić information content (AvgIpc) is 2.21. The van der Waals surface area contributed by atoms with Gasteiger partial charge in [-0.15, -0.1) is 0 Å². The van der Waals surface area contributed by atoms with Crippen molar-refractivity contribution in [2.24, 2.45) is 0 Å². The first-order valence-electron chi connectivity index (χ1n) is 4.57. The van der Waals surface area contributed by atoms with Crippen LogP contribution in [0.2, 0.25) is 10.2 Å². The van der Waals surface area contributed by atoms with Crippen molar-refractivity contribution in [3.05, 3.63) is 38.0 Å². The molecule has 1 aromatic heterocycles. The van der Waals surface area contributed by atoms with Gasteiger partial charge in [0, 0.05) is 9.64 Å². The second-order valence-electron chi connectivity index (χ2n) is 3.18. The first kappa shape index (κ1) is 12.7. The highest BCUT2D eigenvalue weighted by Crippen LogP contribution is 2.27. The molecule has 4 nitrogen and oxygen atoms in total. The zero-order valence-electron chi connectivity index (χ0n) is 8.42. The summed E-state index contributed by atoms with van der Waals surface area (Å²) in [5.74, 6) is 0.618. The second-order valence-corrected chi connectivity index (χ2v) is 5.22. The number of aromatic nitrogens is 2. The van der Waals surface area contributed by atoms with E-state index in [4.69, 9.17) is 28.9 Å². The third-order valence-corrected chi connectivity index (χ3v) is 3.08. The Morgan fingerprint density at radius 2 is 1.94 bits per heavy atom. The molecule has 1 heterocycles. The minimum atomic E-state index is 0.113. The summed E-state index contributed by atoms with van der Waals surface area (Å²) in [4.78, 5) is 7.77. The molecule has 0 amide bonds. The Hall–Kier alpha value is -0.790. The number of rotatable bonds is 2. The van der Waals surface area contributed by atoms with Crippen molar-refractivity contribution in [3.8, 4) is 0 Å². The van der Waals surface area contributed by atoms with Gasteiger partial charge in [-0.3, -0.25) is 0 Å². The van der Waals surface area contributed by atoms with Crippen LogP contribution in [0, 0.1) is 3.57 Å². The van der Waals surface area contributed by atoms with Gasteiger partial charge in [0.2, 0.25) is 5.95 Å². The Bertz CT molecular complexity index is 542. The molecule has 0 bridgehead atoms. The third kappa shape index (κ3) is 3.34. The predicted octanol–water partition coefficient (Wildman–Crippen LogP) is 3.71. The lowest BCUT2D eigenvalue weighted by atomic mass is 10.3. The number of nitrogen functional groups attached to an aromatic ring is 1. The Morgan fingerprint density at radius 1 is 1.18 bits per heavy atom. The summed E-state index contributed by atoms with van der Waals surface area (Å²) in [5, 5.41) is 3.91. The molecule has 0 fully saturated rings. The fraction of sp³-hybridized carbons (Fsp3) is 0. The van der Waals surface area contributed by atoms with Crippen molar-refractivity contribution in [1.29, 1.82) is 0 Å². The molecule has 0 aliphatic rings. The molecule has 3 N–H and O–H groups in total. The van der Waals surface area contributed by atoms with E-state index in [9.17, 15) is 0 Å². The highest BCUT2D eigenvalue weighted by molar-refractivity contribution is 14.1. The summed E-state index contributed by atoms with van der Waals surface area (Å²) < 4.78 is 1.05. The average molecular weight is 381 g/mol. The van der Waals surface area contributed by atoms with Crippen LogP contribution in [0.5, 0.6) is 0 Å². The molecule has 0 aliphatic heterocycles. The van der Waals surface area contributed by atoms with E-state index < -0.39 is 0 Å². The first-order chi connectivity index (χ1) is 8.04. The molecular formula is C10H7Cl2IN4. The van der Waals surface area contributed by atoms with E-state index in [1.807, 2.05) is 18.2 Å². The van der Waals surface area contributed by atoms with Crippen molar-refractivity contribution in [3.63, 3.8) is 0 Å². The van der Waals surface area contributed by atoms with Gasteiger partial charge < -0.3 is 11.1 Å². The van der Waals surface area contributed by atoms with Gasteiger partial charge in [-0.2, -0.15) is 4.98 Å². The smallest absolute Gasteiger partial charge is 0.223 e. The lowest BCUT2D eigenvalue weighted by Gasteiger charge is -2.08. The maximum absolute atomic E-state index is 6.08. The van der Waals surface area contributed by atoms with Crippen LogP contribution in [-0.2, 0) is 0 Å². The number of anilines is 3. The van der Waals surface area contributed by atoms with Gasteiger partial charge in [0.15, 0.2) is 0 Å². The van der Waals surface area contributed by atoms with Crippen LogP contribution >= 0.6 is 45.8 Å². The zero-order chi connectivity index (χ0) is 12.4. The molecule has 88 valence electrons. The van der Waals surface area contributed by atoms with Crippen molar-refractivity contribution in [2.45, 2.75) is 0 Å². The van der Waals surface area contributed by atoms with Crippen molar-refractivity contribution >= 4 is 63.2 Å². The largest absolute Gasteiger partial charge is 0.368 e. The third-order valence-electron chi connectivity index (χ3n) is 1.91. The molecule has 0 saturated carbocycles. The predicted molar refractivity (Wildman–Crippen MR) is 78.9 cm³/mol. The summed E-state index contributed by atoms with van der Waals surface area (Å²) >= 11 is 14.0. The van der Waals surface area contributed by atoms with E-state index in [-0.39, 0.29) is 11.1 Å². The molecule has 0 radical (unpaired) electrons. The number of nitrogens with one attached hydrogen (secondary N) is 1. The maximum atomic E-state index is 6.08. The van der Waals surface area contributed by atoms with E-state index in [0.717, 1.165) is 9.26 Å². The van der Waals surface area contributed by atoms with E-state index in [2.05, 4.69) is 37.9 Å². The van der Waals surface area contributed by atoms with Crippen LogP contribution in [0.4, 0.5) is 17.5 Å². The van der Waals surface area contributed by atoms with Gasteiger partial charge in [-0.05, 0) is 40.8 Å². The number of hydrogen-bond donors (Lipinski definition) is 2. The fourth-order valence-corrected chi connectivity index (χ4v) is 2.32. The van der Waals surface area contributed by atoms with E-state index >= 15 is 0 Å². The Balaban J connectivity index is 2.31.